The molecule has 1 amide bonds. The van der Waals surface area contributed by atoms with Crippen LogP contribution in [0.5, 0.6) is 17.2 Å². The number of amides is 1. The molecule has 3 aromatic rings. The molecule has 0 unspecified atom stereocenters. The van der Waals surface area contributed by atoms with E-state index in [1.165, 1.54) is 10.8 Å². The van der Waals surface area contributed by atoms with Gasteiger partial charge in [-0.05, 0) is 36.4 Å². The number of nitrogens with zero attached hydrogens (tertiary/aromatic N) is 2. The van der Waals surface area contributed by atoms with Crippen LogP contribution in [0.2, 0.25) is 0 Å². The van der Waals surface area contributed by atoms with Gasteiger partial charge in [0.25, 0.3) is 5.56 Å². The summed E-state index contributed by atoms with van der Waals surface area (Å²) < 4.78 is 17.7. The number of benzene rings is 2. The summed E-state index contributed by atoms with van der Waals surface area (Å²) in [6.07, 6.45) is 3.11. The second-order valence-corrected chi connectivity index (χ2v) is 7.26. The van der Waals surface area contributed by atoms with Crippen molar-refractivity contribution in [3.8, 4) is 22.9 Å². The number of carbonyl (C=O) groups is 1. The zero-order valence-electron chi connectivity index (χ0n) is 16.2. The zero-order valence-corrected chi connectivity index (χ0v) is 17.0. The van der Waals surface area contributed by atoms with E-state index in [1.807, 2.05) is 0 Å². The Balaban J connectivity index is 1.45. The van der Waals surface area contributed by atoms with Gasteiger partial charge in [-0.1, -0.05) is 11.8 Å². The molecular weight excluding hydrogens is 406 g/mol. The van der Waals surface area contributed by atoms with Crippen molar-refractivity contribution < 1.29 is 19.0 Å². The van der Waals surface area contributed by atoms with Crippen LogP contribution in [0.4, 0.5) is 5.69 Å². The van der Waals surface area contributed by atoms with Crippen LogP contribution in [0.3, 0.4) is 0 Å². The van der Waals surface area contributed by atoms with Crippen LogP contribution in [-0.2, 0) is 4.79 Å². The first-order valence-corrected chi connectivity index (χ1v) is 10.2. The molecule has 0 aliphatic carbocycles. The summed E-state index contributed by atoms with van der Waals surface area (Å²) in [6, 6.07) is 12.3. The highest BCUT2D eigenvalue weighted by Crippen LogP contribution is 2.31. The Morgan fingerprint density at radius 1 is 1.17 bits per heavy atom. The first-order chi connectivity index (χ1) is 14.6. The molecule has 1 aromatic heterocycles. The number of carbonyl (C=O) groups excluding carboxylic acids is 1. The number of hydrogen-bond acceptors (Lipinski definition) is 7. The predicted octanol–water partition coefficient (Wildman–Crippen LogP) is 2.74. The number of fused-ring (bicyclic) bond motifs is 1. The predicted molar refractivity (Wildman–Crippen MR) is 113 cm³/mol. The van der Waals surface area contributed by atoms with E-state index in [0.717, 1.165) is 11.8 Å². The Hall–Kier alpha value is -3.46. The van der Waals surface area contributed by atoms with Gasteiger partial charge < -0.3 is 19.5 Å². The molecule has 4 rings (SSSR count). The van der Waals surface area contributed by atoms with Gasteiger partial charge in [-0.15, -0.1) is 0 Å². The van der Waals surface area contributed by atoms with E-state index in [9.17, 15) is 9.59 Å². The third-order valence-electron chi connectivity index (χ3n) is 4.33. The van der Waals surface area contributed by atoms with Gasteiger partial charge in [-0.25, -0.2) is 4.98 Å². The van der Waals surface area contributed by atoms with Gasteiger partial charge in [-0.3, -0.25) is 14.2 Å². The molecule has 0 fully saturated rings. The maximum absolute atomic E-state index is 12.8. The molecular formula is C21H19N3O5S. The fourth-order valence-electron chi connectivity index (χ4n) is 2.88. The van der Waals surface area contributed by atoms with Crippen molar-refractivity contribution in [2.45, 2.75) is 5.03 Å². The van der Waals surface area contributed by atoms with E-state index in [-0.39, 0.29) is 22.2 Å². The van der Waals surface area contributed by atoms with Crippen LogP contribution in [0.25, 0.3) is 5.69 Å². The first-order valence-electron chi connectivity index (χ1n) is 9.18. The Bertz CT molecular complexity index is 1110. The number of anilines is 1. The van der Waals surface area contributed by atoms with Gasteiger partial charge >= 0.3 is 0 Å². The zero-order chi connectivity index (χ0) is 20.9. The van der Waals surface area contributed by atoms with Crippen molar-refractivity contribution in [1.29, 1.82) is 0 Å². The molecule has 0 spiro atoms. The molecule has 0 saturated carbocycles. The van der Waals surface area contributed by atoms with E-state index >= 15 is 0 Å². The van der Waals surface area contributed by atoms with Gasteiger partial charge in [0.15, 0.2) is 16.5 Å². The molecule has 9 heteroatoms. The quantitative estimate of drug-likeness (QED) is 0.607. The average molecular weight is 425 g/mol. The fraction of sp³-hybridized carbons (Fsp3) is 0.190. The second kappa shape index (κ2) is 8.91. The van der Waals surface area contributed by atoms with E-state index < -0.39 is 0 Å². The summed E-state index contributed by atoms with van der Waals surface area (Å²) in [5.74, 6) is 1.77. The van der Waals surface area contributed by atoms with E-state index in [0.29, 0.717) is 41.8 Å². The van der Waals surface area contributed by atoms with Crippen LogP contribution < -0.4 is 25.1 Å². The van der Waals surface area contributed by atoms with Crippen LogP contribution in [-0.4, -0.2) is 41.5 Å². The van der Waals surface area contributed by atoms with Gasteiger partial charge in [0, 0.05) is 24.1 Å². The third-order valence-corrected chi connectivity index (χ3v) is 5.29. The maximum atomic E-state index is 12.8. The van der Waals surface area contributed by atoms with E-state index in [4.69, 9.17) is 14.2 Å². The topological polar surface area (TPSA) is 91.7 Å². The molecule has 0 atom stereocenters. The standard InChI is InChI=1S/C21H19N3O5S/c1-27-16-5-2-14(3-6-16)23-19(25)13-30-20-21(26)24(9-8-22-20)15-4-7-17-18(12-15)29-11-10-28-17/h2-9,12H,10-11,13H2,1H3,(H,23,25). The highest BCUT2D eigenvalue weighted by atomic mass is 32.2. The van der Waals surface area contributed by atoms with Crippen molar-refractivity contribution in [3.63, 3.8) is 0 Å². The van der Waals surface area contributed by atoms with Crippen molar-refractivity contribution in [2.24, 2.45) is 0 Å². The number of aromatic nitrogens is 2. The summed E-state index contributed by atoms with van der Waals surface area (Å²) in [5, 5.41) is 3.01. The van der Waals surface area contributed by atoms with Crippen molar-refractivity contribution in [2.75, 3.05) is 31.4 Å². The summed E-state index contributed by atoms with van der Waals surface area (Å²) in [7, 11) is 1.58. The number of ether oxygens (including phenoxy) is 3. The highest BCUT2D eigenvalue weighted by Gasteiger charge is 2.15. The maximum Gasteiger partial charge on any atom is 0.287 e. The van der Waals surface area contributed by atoms with Gasteiger partial charge in [0.05, 0.1) is 18.6 Å². The van der Waals surface area contributed by atoms with Crippen molar-refractivity contribution in [3.05, 3.63) is 65.2 Å². The SMILES string of the molecule is COc1ccc(NC(=O)CSc2nccn(-c3ccc4c(c3)OCCO4)c2=O)cc1. The number of methoxy groups -OCH3 is 1. The summed E-state index contributed by atoms with van der Waals surface area (Å²) in [4.78, 5) is 29.2. The van der Waals surface area contributed by atoms with Crippen LogP contribution >= 0.6 is 11.8 Å². The van der Waals surface area contributed by atoms with Crippen LogP contribution in [0.15, 0.2) is 64.7 Å². The Labute approximate surface area is 176 Å². The number of thioether (sulfide) groups is 1. The molecule has 1 aliphatic rings. The van der Waals surface area contributed by atoms with E-state index in [1.54, 1.807) is 55.8 Å². The second-order valence-electron chi connectivity index (χ2n) is 6.30. The Kier molecular flexibility index (Phi) is 5.89. The average Bonchev–Trinajstić information content (AvgIpc) is 2.78. The fourth-order valence-corrected chi connectivity index (χ4v) is 3.58. The number of hydrogen-bond donors (Lipinski definition) is 1. The largest absolute Gasteiger partial charge is 0.497 e. The minimum Gasteiger partial charge on any atom is -0.497 e. The van der Waals surface area contributed by atoms with Gasteiger partial charge in [0.1, 0.15) is 19.0 Å². The normalized spacial score (nSPS) is 12.3. The summed E-state index contributed by atoms with van der Waals surface area (Å²) >= 11 is 1.08. The minimum absolute atomic E-state index is 0.0550. The lowest BCUT2D eigenvalue weighted by Gasteiger charge is -2.19. The van der Waals surface area contributed by atoms with Crippen LogP contribution in [0, 0.1) is 0 Å². The smallest absolute Gasteiger partial charge is 0.287 e. The first kappa shape index (κ1) is 19.8. The third kappa shape index (κ3) is 4.41. The minimum atomic E-state index is -0.309. The molecule has 0 radical (unpaired) electrons. The molecule has 154 valence electrons. The van der Waals surface area contributed by atoms with Crippen molar-refractivity contribution in [1.82, 2.24) is 9.55 Å². The Morgan fingerprint density at radius 2 is 1.93 bits per heavy atom. The van der Waals surface area contributed by atoms with Gasteiger partial charge in [-0.2, -0.15) is 0 Å². The molecule has 8 nitrogen and oxygen atoms in total. The molecule has 2 heterocycles. The summed E-state index contributed by atoms with van der Waals surface area (Å²) in [6.45, 7) is 0.965. The molecule has 30 heavy (non-hydrogen) atoms. The van der Waals surface area contributed by atoms with E-state index in [2.05, 4.69) is 10.3 Å². The summed E-state index contributed by atoms with van der Waals surface area (Å²) in [5.41, 5.74) is 0.976. The monoisotopic (exact) mass is 425 g/mol. The number of nitrogens with one attached hydrogen (secondary N) is 1. The molecule has 1 N–H and O–H groups in total. The Morgan fingerprint density at radius 3 is 2.70 bits per heavy atom. The number of rotatable bonds is 6. The lowest BCUT2D eigenvalue weighted by Crippen LogP contribution is -2.22. The molecule has 1 aliphatic heterocycles. The lowest BCUT2D eigenvalue weighted by atomic mass is 10.2. The highest BCUT2D eigenvalue weighted by molar-refractivity contribution is 7.99. The van der Waals surface area contributed by atoms with Crippen LogP contribution in [0.1, 0.15) is 0 Å². The lowest BCUT2D eigenvalue weighted by molar-refractivity contribution is -0.113. The molecule has 0 saturated heterocycles. The van der Waals surface area contributed by atoms with Crippen molar-refractivity contribution >= 4 is 23.4 Å². The van der Waals surface area contributed by atoms with Gasteiger partial charge in [0.2, 0.25) is 5.91 Å². The molecule has 0 bridgehead atoms. The molecule has 2 aromatic carbocycles.